The van der Waals surface area contributed by atoms with Gasteiger partial charge in [-0.15, -0.1) is 0 Å². The zero-order chi connectivity index (χ0) is 17.4. The number of aryl methyl sites for hydroxylation is 1. The summed E-state index contributed by atoms with van der Waals surface area (Å²) in [6.07, 6.45) is 1.72. The Morgan fingerprint density at radius 3 is 2.75 bits per heavy atom. The van der Waals surface area contributed by atoms with E-state index in [1.54, 1.807) is 23.9 Å². The van der Waals surface area contributed by atoms with Gasteiger partial charge in [0.05, 0.1) is 16.5 Å². The SMILES string of the molecule is Cc1cc(Cl)cc2c(=O)n(C)c(-c3cccnc3NC(C)C)nc12. The molecular formula is C18H19ClN4O. The fraction of sp³-hybridized carbons (Fsp3) is 0.278. The monoisotopic (exact) mass is 342 g/mol. The number of fused-ring (bicyclic) bond motifs is 1. The molecule has 0 saturated heterocycles. The summed E-state index contributed by atoms with van der Waals surface area (Å²) < 4.78 is 1.54. The second-order valence-electron chi connectivity index (χ2n) is 6.12. The topological polar surface area (TPSA) is 59.8 Å². The minimum absolute atomic E-state index is 0.125. The van der Waals surface area contributed by atoms with Gasteiger partial charge in [0.15, 0.2) is 0 Å². The molecule has 0 atom stereocenters. The van der Waals surface area contributed by atoms with E-state index < -0.39 is 0 Å². The van der Waals surface area contributed by atoms with Crippen molar-refractivity contribution in [3.05, 3.63) is 51.4 Å². The van der Waals surface area contributed by atoms with Crippen LogP contribution in [0.1, 0.15) is 19.4 Å². The Kier molecular flexibility index (Phi) is 4.28. The van der Waals surface area contributed by atoms with Crippen molar-refractivity contribution in [3.8, 4) is 11.4 Å². The van der Waals surface area contributed by atoms with Gasteiger partial charge < -0.3 is 5.32 Å². The quantitative estimate of drug-likeness (QED) is 0.787. The predicted molar refractivity (Wildman–Crippen MR) is 98.7 cm³/mol. The van der Waals surface area contributed by atoms with Crippen LogP contribution in [0.15, 0.2) is 35.3 Å². The van der Waals surface area contributed by atoms with Crippen molar-refractivity contribution in [1.82, 2.24) is 14.5 Å². The summed E-state index contributed by atoms with van der Waals surface area (Å²) in [7, 11) is 1.71. The van der Waals surface area contributed by atoms with Crippen molar-refractivity contribution in [3.63, 3.8) is 0 Å². The maximum Gasteiger partial charge on any atom is 0.261 e. The van der Waals surface area contributed by atoms with Gasteiger partial charge in [-0.2, -0.15) is 0 Å². The molecule has 6 heteroatoms. The maximum atomic E-state index is 12.8. The number of aromatic nitrogens is 3. The van der Waals surface area contributed by atoms with Gasteiger partial charge in [-0.05, 0) is 50.6 Å². The zero-order valence-electron chi connectivity index (χ0n) is 14.1. The highest BCUT2D eigenvalue weighted by Gasteiger charge is 2.16. The first-order valence-electron chi connectivity index (χ1n) is 7.77. The van der Waals surface area contributed by atoms with Crippen LogP contribution in [0.2, 0.25) is 5.02 Å². The van der Waals surface area contributed by atoms with E-state index in [2.05, 4.69) is 10.3 Å². The predicted octanol–water partition coefficient (Wildman–Crippen LogP) is 3.78. The maximum absolute atomic E-state index is 12.8. The van der Waals surface area contributed by atoms with E-state index >= 15 is 0 Å². The van der Waals surface area contributed by atoms with E-state index in [0.29, 0.717) is 27.6 Å². The van der Waals surface area contributed by atoms with Gasteiger partial charge in [-0.3, -0.25) is 9.36 Å². The van der Waals surface area contributed by atoms with Gasteiger partial charge in [0, 0.05) is 24.3 Å². The Labute approximate surface area is 145 Å². The standard InChI is InChI=1S/C18H19ClN4O/c1-10(2)21-16-13(6-5-7-20-16)17-22-15-11(3)8-12(19)9-14(15)18(24)23(17)4/h5-10H,1-4H3,(H,20,21). The summed E-state index contributed by atoms with van der Waals surface area (Å²) in [6.45, 7) is 5.98. The zero-order valence-corrected chi connectivity index (χ0v) is 14.8. The lowest BCUT2D eigenvalue weighted by Gasteiger charge is -2.16. The first-order valence-corrected chi connectivity index (χ1v) is 8.15. The van der Waals surface area contributed by atoms with Gasteiger partial charge in [-0.1, -0.05) is 11.6 Å². The largest absolute Gasteiger partial charge is 0.367 e. The lowest BCUT2D eigenvalue weighted by atomic mass is 10.1. The molecule has 0 radical (unpaired) electrons. The molecule has 1 N–H and O–H groups in total. The Bertz CT molecular complexity index is 979. The summed E-state index contributed by atoms with van der Waals surface area (Å²) in [5.41, 5.74) is 2.21. The fourth-order valence-electron chi connectivity index (χ4n) is 2.72. The van der Waals surface area contributed by atoms with Crippen molar-refractivity contribution < 1.29 is 0 Å². The van der Waals surface area contributed by atoms with Crippen molar-refractivity contribution in [2.75, 3.05) is 5.32 Å². The first-order chi connectivity index (χ1) is 11.4. The Balaban J connectivity index is 2.33. The molecule has 0 aliphatic carbocycles. The highest BCUT2D eigenvalue weighted by Crippen LogP contribution is 2.27. The van der Waals surface area contributed by atoms with E-state index in [0.717, 1.165) is 11.1 Å². The number of benzene rings is 1. The molecule has 0 aliphatic rings. The smallest absolute Gasteiger partial charge is 0.261 e. The lowest BCUT2D eigenvalue weighted by molar-refractivity contribution is 0.849. The molecule has 124 valence electrons. The molecule has 3 aromatic rings. The van der Waals surface area contributed by atoms with E-state index in [1.165, 1.54) is 0 Å². The number of anilines is 1. The molecule has 3 rings (SSSR count). The van der Waals surface area contributed by atoms with E-state index in [9.17, 15) is 4.79 Å². The van der Waals surface area contributed by atoms with Crippen LogP contribution in [0.25, 0.3) is 22.3 Å². The number of nitrogens with one attached hydrogen (secondary N) is 1. The van der Waals surface area contributed by atoms with Gasteiger partial charge in [-0.25, -0.2) is 9.97 Å². The summed E-state index contributed by atoms with van der Waals surface area (Å²) in [4.78, 5) is 21.9. The number of halogens is 1. The minimum atomic E-state index is -0.125. The summed E-state index contributed by atoms with van der Waals surface area (Å²) >= 11 is 6.09. The number of rotatable bonds is 3. The van der Waals surface area contributed by atoms with Crippen molar-refractivity contribution in [1.29, 1.82) is 0 Å². The molecule has 0 amide bonds. The molecule has 24 heavy (non-hydrogen) atoms. The average Bonchev–Trinajstić information content (AvgIpc) is 2.52. The van der Waals surface area contributed by atoms with Crippen LogP contribution in [0, 0.1) is 6.92 Å². The van der Waals surface area contributed by atoms with Gasteiger partial charge in [0.1, 0.15) is 11.6 Å². The number of hydrogen-bond donors (Lipinski definition) is 1. The summed E-state index contributed by atoms with van der Waals surface area (Å²) in [6, 6.07) is 7.45. The van der Waals surface area contributed by atoms with Crippen molar-refractivity contribution in [2.45, 2.75) is 26.8 Å². The molecule has 0 fully saturated rings. The molecule has 0 bridgehead atoms. The average molecular weight is 343 g/mol. The lowest BCUT2D eigenvalue weighted by Crippen LogP contribution is -2.21. The third-order valence-electron chi connectivity index (χ3n) is 3.81. The molecule has 0 spiro atoms. The van der Waals surface area contributed by atoms with E-state index in [-0.39, 0.29) is 11.6 Å². The molecule has 5 nitrogen and oxygen atoms in total. The van der Waals surface area contributed by atoms with Crippen LogP contribution in [0.4, 0.5) is 5.82 Å². The van der Waals surface area contributed by atoms with Crippen LogP contribution in [-0.4, -0.2) is 20.6 Å². The van der Waals surface area contributed by atoms with Crippen molar-refractivity contribution >= 4 is 28.3 Å². The first kappa shape index (κ1) is 16.5. The molecule has 0 aliphatic heterocycles. The van der Waals surface area contributed by atoms with Gasteiger partial charge >= 0.3 is 0 Å². The van der Waals surface area contributed by atoms with Crippen LogP contribution in [-0.2, 0) is 7.05 Å². The highest BCUT2D eigenvalue weighted by molar-refractivity contribution is 6.31. The molecule has 0 saturated carbocycles. The van der Waals surface area contributed by atoms with Crippen molar-refractivity contribution in [2.24, 2.45) is 7.05 Å². The van der Waals surface area contributed by atoms with Gasteiger partial charge in [0.2, 0.25) is 0 Å². The fourth-order valence-corrected chi connectivity index (χ4v) is 2.99. The highest BCUT2D eigenvalue weighted by atomic mass is 35.5. The number of nitrogens with zero attached hydrogens (tertiary/aromatic N) is 3. The summed E-state index contributed by atoms with van der Waals surface area (Å²) in [5, 5.41) is 4.36. The number of hydrogen-bond acceptors (Lipinski definition) is 4. The van der Waals surface area contributed by atoms with E-state index in [1.807, 2.05) is 39.0 Å². The number of pyridine rings is 1. The van der Waals surface area contributed by atoms with E-state index in [4.69, 9.17) is 16.6 Å². The van der Waals surface area contributed by atoms with Crippen LogP contribution in [0.5, 0.6) is 0 Å². The molecule has 1 aromatic carbocycles. The molecular weight excluding hydrogens is 324 g/mol. The van der Waals surface area contributed by atoms with Crippen LogP contribution >= 0.6 is 11.6 Å². The second-order valence-corrected chi connectivity index (χ2v) is 6.55. The summed E-state index contributed by atoms with van der Waals surface area (Å²) in [5.74, 6) is 1.29. The van der Waals surface area contributed by atoms with Crippen LogP contribution in [0.3, 0.4) is 0 Å². The Hall–Kier alpha value is -2.40. The minimum Gasteiger partial charge on any atom is -0.367 e. The van der Waals surface area contributed by atoms with Crippen LogP contribution < -0.4 is 10.9 Å². The third kappa shape index (κ3) is 2.87. The Morgan fingerprint density at radius 1 is 1.29 bits per heavy atom. The third-order valence-corrected chi connectivity index (χ3v) is 4.03. The normalized spacial score (nSPS) is 11.2. The molecule has 2 aromatic heterocycles. The second kappa shape index (κ2) is 6.24. The molecule has 2 heterocycles. The van der Waals surface area contributed by atoms with Gasteiger partial charge in [0.25, 0.3) is 5.56 Å². The Morgan fingerprint density at radius 2 is 2.04 bits per heavy atom. The molecule has 0 unspecified atom stereocenters.